The number of anilines is 1. The number of esters is 1. The zero-order valence-corrected chi connectivity index (χ0v) is 14.2. The van der Waals surface area contributed by atoms with E-state index in [9.17, 15) is 9.59 Å². The second kappa shape index (κ2) is 10.8. The minimum Gasteiger partial charge on any atom is -0.493 e. The summed E-state index contributed by atoms with van der Waals surface area (Å²) in [6.45, 7) is 6.06. The predicted octanol–water partition coefficient (Wildman–Crippen LogP) is 2.98. The first-order valence-electron chi connectivity index (χ1n) is 7.81. The van der Waals surface area contributed by atoms with Gasteiger partial charge in [-0.05, 0) is 38.5 Å². The van der Waals surface area contributed by atoms with Gasteiger partial charge in [0.15, 0.2) is 0 Å². The van der Waals surface area contributed by atoms with Crippen LogP contribution in [0.3, 0.4) is 0 Å². The molecule has 0 fully saturated rings. The average molecular weight is 333 g/mol. The fourth-order valence-corrected chi connectivity index (χ4v) is 1.75. The summed E-state index contributed by atoms with van der Waals surface area (Å²) in [5.41, 5.74) is 0.150. The molecule has 0 aliphatic carbocycles. The zero-order valence-electron chi connectivity index (χ0n) is 14.2. The van der Waals surface area contributed by atoms with E-state index in [0.717, 1.165) is 0 Å². The van der Waals surface area contributed by atoms with Gasteiger partial charge in [-0.15, -0.1) is 0 Å². The molecule has 0 unspecified atom stereocenters. The van der Waals surface area contributed by atoms with Gasteiger partial charge >= 0.3 is 12.0 Å². The van der Waals surface area contributed by atoms with Crippen LogP contribution in [-0.2, 0) is 14.3 Å². The van der Waals surface area contributed by atoms with Crippen molar-refractivity contribution in [2.75, 3.05) is 18.5 Å². The maximum absolute atomic E-state index is 12.1. The van der Waals surface area contributed by atoms with Crippen LogP contribution < -0.4 is 10.6 Å². The molecule has 7 heteroatoms. The summed E-state index contributed by atoms with van der Waals surface area (Å²) in [7, 11) is 0. The lowest BCUT2D eigenvalue weighted by Gasteiger charge is -2.12. The molecule has 1 aromatic rings. The van der Waals surface area contributed by atoms with Crippen LogP contribution in [0.15, 0.2) is 48.0 Å². The number of hydrogen-bond acceptors (Lipinski definition) is 5. The summed E-state index contributed by atoms with van der Waals surface area (Å²) in [5.74, 6) is 0.204. The largest absolute Gasteiger partial charge is 0.493 e. The van der Waals surface area contributed by atoms with Crippen molar-refractivity contribution in [3.63, 3.8) is 0 Å². The average Bonchev–Trinajstić information content (AvgIpc) is 2.56. The zero-order chi connectivity index (χ0) is 17.8. The Bertz CT molecular complexity index is 597. The Kier molecular flexibility index (Phi) is 8.67. The van der Waals surface area contributed by atoms with E-state index in [0.29, 0.717) is 24.6 Å². The first-order valence-corrected chi connectivity index (χ1v) is 7.81. The molecule has 130 valence electrons. The molecular weight excluding hydrogens is 310 g/mol. The summed E-state index contributed by atoms with van der Waals surface area (Å²) in [5, 5.41) is 5.05. The number of amides is 2. The van der Waals surface area contributed by atoms with Crippen LogP contribution in [0.25, 0.3) is 0 Å². The molecule has 2 N–H and O–H groups in total. The molecular formula is C17H23N3O4. The summed E-state index contributed by atoms with van der Waals surface area (Å²) >= 11 is 0. The van der Waals surface area contributed by atoms with E-state index >= 15 is 0 Å². The highest BCUT2D eigenvalue weighted by molar-refractivity contribution is 5.94. The van der Waals surface area contributed by atoms with E-state index in [1.165, 1.54) is 6.20 Å². The van der Waals surface area contributed by atoms with Gasteiger partial charge in [0, 0.05) is 12.4 Å². The van der Waals surface area contributed by atoms with Gasteiger partial charge in [0.25, 0.3) is 0 Å². The van der Waals surface area contributed by atoms with Crippen molar-refractivity contribution in [1.82, 2.24) is 10.3 Å². The van der Waals surface area contributed by atoms with Gasteiger partial charge in [0.1, 0.15) is 17.2 Å². The number of urea groups is 1. The lowest BCUT2D eigenvalue weighted by molar-refractivity contribution is -0.138. The van der Waals surface area contributed by atoms with Crippen LogP contribution >= 0.6 is 0 Å². The summed E-state index contributed by atoms with van der Waals surface area (Å²) < 4.78 is 10.5. The minimum atomic E-state index is -0.566. The van der Waals surface area contributed by atoms with E-state index in [1.54, 1.807) is 37.4 Å². The topological polar surface area (TPSA) is 89.5 Å². The molecule has 7 nitrogen and oxygen atoms in total. The molecule has 0 bridgehead atoms. The molecule has 0 radical (unpaired) electrons. The van der Waals surface area contributed by atoms with Crippen molar-refractivity contribution in [2.45, 2.75) is 27.2 Å². The molecule has 24 heavy (non-hydrogen) atoms. The number of carbonyl (C=O) groups excluding carboxylic acids is 2. The maximum atomic E-state index is 12.1. The van der Waals surface area contributed by atoms with E-state index in [-0.39, 0.29) is 12.2 Å². The van der Waals surface area contributed by atoms with Gasteiger partial charge in [0.2, 0.25) is 0 Å². The van der Waals surface area contributed by atoms with Crippen LogP contribution in [0.1, 0.15) is 27.2 Å². The summed E-state index contributed by atoms with van der Waals surface area (Å²) in [4.78, 5) is 28.0. The molecule has 0 aliphatic heterocycles. The fraction of sp³-hybridized carbons (Fsp3) is 0.353. The number of allylic oxidation sites excluding steroid dienone is 1. The van der Waals surface area contributed by atoms with Gasteiger partial charge in [-0.1, -0.05) is 13.0 Å². The van der Waals surface area contributed by atoms with Gasteiger partial charge in [0.05, 0.1) is 13.2 Å². The van der Waals surface area contributed by atoms with Gasteiger partial charge in [-0.25, -0.2) is 14.6 Å². The summed E-state index contributed by atoms with van der Waals surface area (Å²) in [6.07, 6.45) is 5.26. The molecule has 0 aliphatic rings. The molecule has 0 saturated carbocycles. The Morgan fingerprint density at radius 3 is 2.50 bits per heavy atom. The van der Waals surface area contributed by atoms with Crippen LogP contribution in [0.2, 0.25) is 0 Å². The molecule has 0 atom stereocenters. The van der Waals surface area contributed by atoms with Crippen molar-refractivity contribution in [2.24, 2.45) is 0 Å². The fourth-order valence-electron chi connectivity index (χ4n) is 1.75. The molecule has 1 aromatic heterocycles. The number of aromatic nitrogens is 1. The Hall–Kier alpha value is -2.83. The number of ether oxygens (including phenoxy) is 2. The standard InChI is InChI=1S/C17H23N3O4/c1-4-9-14(23-5-2)13(16(21)24-6-3)12-19-17(22)20-15-10-7-8-11-18-15/h7-12H,4-6H2,1-3H3,(H2,18,19,20,22)/b13-12-,14-9-. The van der Waals surface area contributed by atoms with E-state index in [2.05, 4.69) is 15.6 Å². The molecule has 1 heterocycles. The quantitative estimate of drug-likeness (QED) is 0.330. The molecule has 0 spiro atoms. The Labute approximate surface area is 141 Å². The molecule has 0 saturated heterocycles. The van der Waals surface area contributed by atoms with E-state index < -0.39 is 12.0 Å². The van der Waals surface area contributed by atoms with Gasteiger partial charge in [-0.3, -0.25) is 5.32 Å². The number of nitrogens with one attached hydrogen (secondary N) is 2. The van der Waals surface area contributed by atoms with E-state index in [1.807, 2.05) is 13.8 Å². The second-order valence-electron chi connectivity index (χ2n) is 4.50. The SMILES string of the molecule is CC/C=C(OCC)/C(=C/NC(=O)Nc1ccccn1)C(=O)OCC. The van der Waals surface area contributed by atoms with Crippen molar-refractivity contribution >= 4 is 17.8 Å². The van der Waals surface area contributed by atoms with Gasteiger partial charge < -0.3 is 14.8 Å². The number of pyridine rings is 1. The second-order valence-corrected chi connectivity index (χ2v) is 4.50. The third kappa shape index (κ3) is 6.51. The molecule has 1 rings (SSSR count). The minimum absolute atomic E-state index is 0.150. The number of nitrogens with zero attached hydrogens (tertiary/aromatic N) is 1. The lowest BCUT2D eigenvalue weighted by Crippen LogP contribution is -2.26. The van der Waals surface area contributed by atoms with Crippen LogP contribution in [0, 0.1) is 0 Å². The number of hydrogen-bond donors (Lipinski definition) is 2. The first kappa shape index (κ1) is 19.2. The number of rotatable bonds is 8. The Morgan fingerprint density at radius 2 is 1.92 bits per heavy atom. The molecule has 2 amide bonds. The third-order valence-electron chi connectivity index (χ3n) is 2.70. The third-order valence-corrected chi connectivity index (χ3v) is 2.70. The van der Waals surface area contributed by atoms with Crippen molar-refractivity contribution in [3.05, 3.63) is 48.0 Å². The summed E-state index contributed by atoms with van der Waals surface area (Å²) in [6, 6.07) is 4.62. The van der Waals surface area contributed by atoms with Crippen LogP contribution in [0.5, 0.6) is 0 Å². The van der Waals surface area contributed by atoms with Crippen LogP contribution in [-0.4, -0.2) is 30.2 Å². The predicted molar refractivity (Wildman–Crippen MR) is 91.1 cm³/mol. The van der Waals surface area contributed by atoms with Crippen molar-refractivity contribution in [1.29, 1.82) is 0 Å². The first-order chi connectivity index (χ1) is 11.6. The normalized spacial score (nSPS) is 11.6. The Morgan fingerprint density at radius 1 is 1.17 bits per heavy atom. The lowest BCUT2D eigenvalue weighted by atomic mass is 10.2. The van der Waals surface area contributed by atoms with Crippen LogP contribution in [0.4, 0.5) is 10.6 Å². The van der Waals surface area contributed by atoms with E-state index in [4.69, 9.17) is 9.47 Å². The monoisotopic (exact) mass is 333 g/mol. The smallest absolute Gasteiger partial charge is 0.343 e. The highest BCUT2D eigenvalue weighted by Gasteiger charge is 2.17. The number of carbonyl (C=O) groups is 2. The highest BCUT2D eigenvalue weighted by atomic mass is 16.5. The van der Waals surface area contributed by atoms with Crippen molar-refractivity contribution in [3.8, 4) is 0 Å². The Balaban J connectivity index is 2.88. The van der Waals surface area contributed by atoms with Crippen molar-refractivity contribution < 1.29 is 19.1 Å². The maximum Gasteiger partial charge on any atom is 0.343 e. The van der Waals surface area contributed by atoms with Gasteiger partial charge in [-0.2, -0.15) is 0 Å². The highest BCUT2D eigenvalue weighted by Crippen LogP contribution is 2.14. The molecule has 0 aromatic carbocycles.